The zero-order chi connectivity index (χ0) is 15.8. The smallest absolute Gasteiger partial charge is 0.293 e. The van der Waals surface area contributed by atoms with Crippen LogP contribution in [0.5, 0.6) is 0 Å². The predicted molar refractivity (Wildman–Crippen MR) is 68.6 cm³/mol. The van der Waals surface area contributed by atoms with Crippen molar-refractivity contribution in [2.45, 2.75) is 11.8 Å². The van der Waals surface area contributed by atoms with E-state index >= 15 is 0 Å². The SMILES string of the molecule is Cc1ncoc1C(=O)Nc1c(F)cc(S(=O)(=O)Cl)cc1F. The van der Waals surface area contributed by atoms with Gasteiger partial charge in [-0.2, -0.15) is 0 Å². The number of benzene rings is 1. The molecule has 1 aromatic heterocycles. The van der Waals surface area contributed by atoms with Gasteiger partial charge in [0.1, 0.15) is 5.69 Å². The van der Waals surface area contributed by atoms with Gasteiger partial charge in [-0.25, -0.2) is 22.2 Å². The molecule has 0 unspecified atom stereocenters. The first-order chi connectivity index (χ1) is 9.70. The van der Waals surface area contributed by atoms with Gasteiger partial charge in [0.05, 0.1) is 10.6 Å². The second-order valence-electron chi connectivity index (χ2n) is 3.92. The monoisotopic (exact) mass is 336 g/mol. The van der Waals surface area contributed by atoms with E-state index in [1.807, 2.05) is 5.32 Å². The number of hydrogen-bond donors (Lipinski definition) is 1. The lowest BCUT2D eigenvalue weighted by atomic mass is 10.2. The van der Waals surface area contributed by atoms with Crippen molar-refractivity contribution in [3.05, 3.63) is 41.6 Å². The second kappa shape index (κ2) is 5.41. The van der Waals surface area contributed by atoms with Crippen LogP contribution in [-0.4, -0.2) is 19.3 Å². The number of nitrogens with zero attached hydrogens (tertiary/aromatic N) is 1. The number of carbonyl (C=O) groups excluding carboxylic acids is 1. The Morgan fingerprint density at radius 1 is 1.33 bits per heavy atom. The van der Waals surface area contributed by atoms with Gasteiger partial charge < -0.3 is 9.73 Å². The molecule has 0 aliphatic heterocycles. The largest absolute Gasteiger partial charge is 0.438 e. The van der Waals surface area contributed by atoms with E-state index in [1.54, 1.807) is 0 Å². The zero-order valence-electron chi connectivity index (χ0n) is 10.4. The van der Waals surface area contributed by atoms with Crippen LogP contribution in [0.2, 0.25) is 0 Å². The van der Waals surface area contributed by atoms with Crippen molar-refractivity contribution in [2.24, 2.45) is 0 Å². The highest BCUT2D eigenvalue weighted by molar-refractivity contribution is 8.13. The van der Waals surface area contributed by atoms with Crippen LogP contribution in [0.25, 0.3) is 0 Å². The minimum absolute atomic E-state index is 0.220. The highest BCUT2D eigenvalue weighted by atomic mass is 35.7. The number of nitrogens with one attached hydrogen (secondary N) is 1. The van der Waals surface area contributed by atoms with Crippen LogP contribution in [0.3, 0.4) is 0 Å². The van der Waals surface area contributed by atoms with Crippen LogP contribution >= 0.6 is 10.7 Å². The van der Waals surface area contributed by atoms with Gasteiger partial charge in [0.25, 0.3) is 15.0 Å². The van der Waals surface area contributed by atoms with Gasteiger partial charge in [0.2, 0.25) is 5.76 Å². The van der Waals surface area contributed by atoms with E-state index in [2.05, 4.69) is 4.98 Å². The Balaban J connectivity index is 2.38. The van der Waals surface area contributed by atoms with Gasteiger partial charge in [-0.1, -0.05) is 0 Å². The second-order valence-corrected chi connectivity index (χ2v) is 6.49. The number of rotatable bonds is 3. The maximum atomic E-state index is 13.7. The lowest BCUT2D eigenvalue weighted by molar-refractivity contribution is 0.0994. The van der Waals surface area contributed by atoms with E-state index in [4.69, 9.17) is 15.1 Å². The van der Waals surface area contributed by atoms with E-state index in [0.717, 1.165) is 6.39 Å². The van der Waals surface area contributed by atoms with Crippen molar-refractivity contribution in [3.8, 4) is 0 Å². The lowest BCUT2D eigenvalue weighted by Gasteiger charge is -2.07. The molecule has 6 nitrogen and oxygen atoms in total. The molecule has 0 aliphatic carbocycles. The summed E-state index contributed by atoms with van der Waals surface area (Å²) in [4.78, 5) is 14.7. The molecule has 0 fully saturated rings. The quantitative estimate of drug-likeness (QED) is 0.869. The predicted octanol–water partition coefficient (Wildman–Crippen LogP) is 2.44. The van der Waals surface area contributed by atoms with E-state index in [-0.39, 0.29) is 11.5 Å². The Bertz CT molecular complexity index is 796. The molecule has 1 N–H and O–H groups in total. The van der Waals surface area contributed by atoms with Gasteiger partial charge in [-0.15, -0.1) is 0 Å². The summed E-state index contributed by atoms with van der Waals surface area (Å²) in [5, 5.41) is 1.94. The number of anilines is 1. The summed E-state index contributed by atoms with van der Waals surface area (Å²) in [7, 11) is 0.699. The average molecular weight is 337 g/mol. The van der Waals surface area contributed by atoms with Crippen LogP contribution < -0.4 is 5.32 Å². The minimum atomic E-state index is -4.29. The molecule has 0 bridgehead atoms. The van der Waals surface area contributed by atoms with Gasteiger partial charge in [0, 0.05) is 10.7 Å². The first-order valence-corrected chi connectivity index (χ1v) is 7.66. The van der Waals surface area contributed by atoms with Crippen molar-refractivity contribution in [2.75, 3.05) is 5.32 Å². The zero-order valence-corrected chi connectivity index (χ0v) is 11.9. The van der Waals surface area contributed by atoms with Crippen molar-refractivity contribution in [1.82, 2.24) is 4.98 Å². The minimum Gasteiger partial charge on any atom is -0.438 e. The Morgan fingerprint density at radius 3 is 2.33 bits per heavy atom. The van der Waals surface area contributed by atoms with Gasteiger partial charge in [0.15, 0.2) is 18.0 Å². The van der Waals surface area contributed by atoms with Crippen LogP contribution in [0.4, 0.5) is 14.5 Å². The number of amides is 1. The number of oxazole rings is 1. The van der Waals surface area contributed by atoms with Crippen LogP contribution in [0.15, 0.2) is 27.8 Å². The standard InChI is InChI=1S/C11H7ClF2N2O4S/c1-5-10(20-4-15-5)11(17)16-9-7(13)2-6(3-8(9)14)21(12,18)19/h2-4H,1H3,(H,16,17). The molecule has 0 aliphatic rings. The summed E-state index contributed by atoms with van der Waals surface area (Å²) < 4.78 is 54.3. The van der Waals surface area contributed by atoms with Gasteiger partial charge >= 0.3 is 0 Å². The van der Waals surface area contributed by atoms with E-state index in [9.17, 15) is 22.0 Å². The Hall–Kier alpha value is -2.00. The maximum Gasteiger partial charge on any atom is 0.293 e. The number of aryl methyl sites for hydroxylation is 1. The molecule has 1 amide bonds. The molecule has 2 aromatic rings. The Morgan fingerprint density at radius 2 is 1.90 bits per heavy atom. The average Bonchev–Trinajstić information content (AvgIpc) is 2.78. The third-order valence-corrected chi connectivity index (χ3v) is 3.82. The van der Waals surface area contributed by atoms with Gasteiger partial charge in [-0.05, 0) is 19.1 Å². The maximum absolute atomic E-state index is 13.7. The fourth-order valence-electron chi connectivity index (χ4n) is 1.50. The first-order valence-electron chi connectivity index (χ1n) is 5.35. The van der Waals surface area contributed by atoms with Crippen LogP contribution in [0.1, 0.15) is 16.2 Å². The van der Waals surface area contributed by atoms with E-state index in [1.165, 1.54) is 6.92 Å². The van der Waals surface area contributed by atoms with E-state index in [0.29, 0.717) is 12.1 Å². The molecule has 1 aromatic carbocycles. The fraction of sp³-hybridized carbons (Fsp3) is 0.0909. The summed E-state index contributed by atoms with van der Waals surface area (Å²) in [5.74, 6) is -3.73. The summed E-state index contributed by atoms with van der Waals surface area (Å²) >= 11 is 0. The van der Waals surface area contributed by atoms with Gasteiger partial charge in [-0.3, -0.25) is 4.79 Å². The molecule has 1 heterocycles. The van der Waals surface area contributed by atoms with Crippen molar-refractivity contribution >= 4 is 31.3 Å². The lowest BCUT2D eigenvalue weighted by Crippen LogP contribution is -2.15. The topological polar surface area (TPSA) is 89.3 Å². The fourth-order valence-corrected chi connectivity index (χ4v) is 2.26. The van der Waals surface area contributed by atoms with E-state index < -0.39 is 37.2 Å². The van der Waals surface area contributed by atoms with Crippen molar-refractivity contribution in [3.63, 3.8) is 0 Å². The summed E-state index contributed by atoms with van der Waals surface area (Å²) in [6, 6.07) is 0.989. The Kier molecular flexibility index (Phi) is 3.97. The van der Waals surface area contributed by atoms with Crippen molar-refractivity contribution in [1.29, 1.82) is 0 Å². The first kappa shape index (κ1) is 15.4. The molecule has 21 heavy (non-hydrogen) atoms. The van der Waals surface area contributed by atoms with Crippen LogP contribution in [-0.2, 0) is 9.05 Å². The molecular weight excluding hydrogens is 330 g/mol. The highest BCUT2D eigenvalue weighted by Gasteiger charge is 2.21. The molecule has 0 spiro atoms. The highest BCUT2D eigenvalue weighted by Crippen LogP contribution is 2.25. The molecule has 2 rings (SSSR count). The normalized spacial score (nSPS) is 11.4. The number of hydrogen-bond acceptors (Lipinski definition) is 5. The molecule has 10 heteroatoms. The molecular formula is C11H7ClF2N2O4S. The Labute approximate surface area is 122 Å². The van der Waals surface area contributed by atoms with Crippen molar-refractivity contribution < 1.29 is 26.4 Å². The summed E-state index contributed by atoms with van der Waals surface area (Å²) in [5.41, 5.74) is -0.590. The summed E-state index contributed by atoms with van der Waals surface area (Å²) in [6.45, 7) is 1.47. The molecule has 0 radical (unpaired) electrons. The molecule has 0 atom stereocenters. The number of aromatic nitrogens is 1. The van der Waals surface area contributed by atoms with Crippen LogP contribution in [0, 0.1) is 18.6 Å². The molecule has 0 saturated carbocycles. The number of carbonyl (C=O) groups is 1. The molecule has 0 saturated heterocycles. The number of halogens is 3. The third-order valence-electron chi connectivity index (χ3n) is 2.49. The third kappa shape index (κ3) is 3.19. The molecule has 112 valence electrons. The summed E-state index contributed by atoms with van der Waals surface area (Å²) in [6.07, 6.45) is 1.00.